The number of rotatable bonds is 5. The molecule has 1 heterocycles. The van der Waals surface area contributed by atoms with Gasteiger partial charge in [0, 0.05) is 0 Å². The van der Waals surface area contributed by atoms with Crippen molar-refractivity contribution in [3.63, 3.8) is 0 Å². The number of carbonyl (C=O) groups is 2. The fourth-order valence-electron chi connectivity index (χ4n) is 1.91. The van der Waals surface area contributed by atoms with Gasteiger partial charge in [-0.05, 0) is 24.1 Å². The molecule has 0 radical (unpaired) electrons. The van der Waals surface area contributed by atoms with Gasteiger partial charge in [-0.3, -0.25) is 9.63 Å². The van der Waals surface area contributed by atoms with Crippen LogP contribution in [0.1, 0.15) is 22.8 Å². The number of sulfonamides is 1. The minimum atomic E-state index is -4.03. The number of benzene rings is 1. The number of hydrogen-bond acceptors (Lipinski definition) is 5. The molecule has 1 aliphatic heterocycles. The zero-order valence-corrected chi connectivity index (χ0v) is 11.9. The molecule has 114 valence electrons. The molecule has 1 fully saturated rings. The Bertz CT molecular complexity index is 685. The van der Waals surface area contributed by atoms with Gasteiger partial charge in [0.15, 0.2) is 0 Å². The fourth-order valence-corrected chi connectivity index (χ4v) is 3.43. The molecule has 0 aromatic heterocycles. The molecule has 1 amide bonds. The van der Waals surface area contributed by atoms with E-state index < -0.39 is 27.9 Å². The Morgan fingerprint density at radius 2 is 2.24 bits per heavy atom. The third kappa shape index (κ3) is 3.20. The molecule has 1 aromatic rings. The molecule has 0 spiro atoms. The first-order valence-electron chi connectivity index (χ1n) is 6.15. The van der Waals surface area contributed by atoms with Crippen LogP contribution in [0.4, 0.5) is 0 Å². The first-order valence-corrected chi connectivity index (χ1v) is 7.63. The SMILES string of the molecule is CCc1ccc(C(=O)O)cc1S(=O)(=O)N[C@@H]1CONC1=O. The Balaban J connectivity index is 2.40. The van der Waals surface area contributed by atoms with Crippen molar-refractivity contribution in [1.82, 2.24) is 10.2 Å². The Labute approximate surface area is 121 Å². The number of carboxylic acids is 1. The highest BCUT2D eigenvalue weighted by molar-refractivity contribution is 7.89. The number of hydrogen-bond donors (Lipinski definition) is 3. The van der Waals surface area contributed by atoms with Gasteiger partial charge in [-0.15, -0.1) is 0 Å². The summed E-state index contributed by atoms with van der Waals surface area (Å²) in [7, 11) is -4.03. The largest absolute Gasteiger partial charge is 0.478 e. The monoisotopic (exact) mass is 314 g/mol. The number of carbonyl (C=O) groups excluding carboxylic acids is 1. The number of aromatic carboxylic acids is 1. The summed E-state index contributed by atoms with van der Waals surface area (Å²) in [6.07, 6.45) is 0.406. The van der Waals surface area contributed by atoms with Crippen LogP contribution in [0.15, 0.2) is 23.1 Å². The molecule has 2 rings (SSSR count). The second-order valence-corrected chi connectivity index (χ2v) is 6.11. The van der Waals surface area contributed by atoms with Gasteiger partial charge in [0.05, 0.1) is 10.5 Å². The van der Waals surface area contributed by atoms with Crippen LogP contribution in [-0.2, 0) is 26.1 Å². The zero-order chi connectivity index (χ0) is 15.6. The minimum Gasteiger partial charge on any atom is -0.478 e. The number of aryl methyl sites for hydroxylation is 1. The van der Waals surface area contributed by atoms with E-state index in [1.807, 2.05) is 5.48 Å². The lowest BCUT2D eigenvalue weighted by molar-refractivity contribution is -0.124. The molecule has 21 heavy (non-hydrogen) atoms. The Morgan fingerprint density at radius 3 is 2.76 bits per heavy atom. The van der Waals surface area contributed by atoms with Gasteiger partial charge < -0.3 is 5.11 Å². The normalized spacial score (nSPS) is 18.5. The van der Waals surface area contributed by atoms with E-state index in [1.165, 1.54) is 12.1 Å². The lowest BCUT2D eigenvalue weighted by atomic mass is 10.1. The van der Waals surface area contributed by atoms with Crippen molar-refractivity contribution >= 4 is 21.9 Å². The molecule has 1 aromatic carbocycles. The average molecular weight is 314 g/mol. The molecule has 8 nitrogen and oxygen atoms in total. The van der Waals surface area contributed by atoms with Crippen LogP contribution in [0, 0.1) is 0 Å². The Kier molecular flexibility index (Phi) is 4.26. The summed E-state index contributed by atoms with van der Waals surface area (Å²) in [6.45, 7) is 1.62. The van der Waals surface area contributed by atoms with E-state index in [2.05, 4.69) is 9.56 Å². The zero-order valence-electron chi connectivity index (χ0n) is 11.1. The van der Waals surface area contributed by atoms with Crippen molar-refractivity contribution in [1.29, 1.82) is 0 Å². The van der Waals surface area contributed by atoms with Crippen LogP contribution < -0.4 is 10.2 Å². The standard InChI is InChI=1S/C12H14N2O6S/c1-2-7-3-4-8(12(16)17)5-10(7)21(18,19)14-9-6-20-13-11(9)15/h3-5,9,14H,2,6H2,1H3,(H,13,15)(H,16,17)/t9-/m1/s1. The molecular weight excluding hydrogens is 300 g/mol. The number of nitrogens with one attached hydrogen (secondary N) is 2. The van der Waals surface area contributed by atoms with Gasteiger partial charge in [0.1, 0.15) is 12.6 Å². The van der Waals surface area contributed by atoms with E-state index in [9.17, 15) is 18.0 Å². The fraction of sp³-hybridized carbons (Fsp3) is 0.333. The molecular formula is C12H14N2O6S. The molecule has 0 bridgehead atoms. The van der Waals surface area contributed by atoms with Crippen molar-refractivity contribution in [2.24, 2.45) is 0 Å². The maximum atomic E-state index is 12.3. The summed E-state index contributed by atoms with van der Waals surface area (Å²) in [4.78, 5) is 26.8. The summed E-state index contributed by atoms with van der Waals surface area (Å²) in [5, 5.41) is 8.97. The van der Waals surface area contributed by atoms with E-state index in [0.29, 0.717) is 12.0 Å². The first kappa shape index (κ1) is 15.4. The predicted molar refractivity (Wildman–Crippen MR) is 71.0 cm³/mol. The van der Waals surface area contributed by atoms with Gasteiger partial charge >= 0.3 is 5.97 Å². The highest BCUT2D eigenvalue weighted by atomic mass is 32.2. The maximum absolute atomic E-state index is 12.3. The van der Waals surface area contributed by atoms with E-state index in [0.717, 1.165) is 6.07 Å². The summed E-state index contributed by atoms with van der Waals surface area (Å²) < 4.78 is 26.9. The van der Waals surface area contributed by atoms with E-state index in [4.69, 9.17) is 5.11 Å². The maximum Gasteiger partial charge on any atom is 0.335 e. The van der Waals surface area contributed by atoms with Gasteiger partial charge in [0.25, 0.3) is 5.91 Å². The quantitative estimate of drug-likeness (QED) is 0.683. The molecule has 1 atom stereocenters. The highest BCUT2D eigenvalue weighted by Gasteiger charge is 2.31. The van der Waals surface area contributed by atoms with E-state index in [1.54, 1.807) is 6.92 Å². The third-order valence-corrected chi connectivity index (χ3v) is 4.58. The van der Waals surface area contributed by atoms with Crippen LogP contribution in [0.3, 0.4) is 0 Å². The summed E-state index contributed by atoms with van der Waals surface area (Å²) in [5.41, 5.74) is 2.37. The minimum absolute atomic E-state index is 0.127. The smallest absolute Gasteiger partial charge is 0.335 e. The molecule has 9 heteroatoms. The summed E-state index contributed by atoms with van der Waals surface area (Å²) in [5.74, 6) is -1.82. The van der Waals surface area contributed by atoms with Gasteiger partial charge in [-0.2, -0.15) is 4.72 Å². The first-order chi connectivity index (χ1) is 9.85. The lowest BCUT2D eigenvalue weighted by Crippen LogP contribution is -2.41. The highest BCUT2D eigenvalue weighted by Crippen LogP contribution is 2.19. The molecule has 1 saturated heterocycles. The van der Waals surface area contributed by atoms with Crippen molar-refractivity contribution in [2.75, 3.05) is 6.61 Å². The van der Waals surface area contributed by atoms with E-state index in [-0.39, 0.29) is 17.1 Å². The molecule has 3 N–H and O–H groups in total. The molecule has 0 unspecified atom stereocenters. The van der Waals surface area contributed by atoms with Crippen molar-refractivity contribution in [3.8, 4) is 0 Å². The average Bonchev–Trinajstić information content (AvgIpc) is 2.82. The summed E-state index contributed by atoms with van der Waals surface area (Å²) in [6, 6.07) is 2.83. The number of hydroxylamine groups is 1. The number of amides is 1. The van der Waals surface area contributed by atoms with Crippen molar-refractivity contribution in [2.45, 2.75) is 24.3 Å². The van der Waals surface area contributed by atoms with Crippen LogP contribution in [0.5, 0.6) is 0 Å². The van der Waals surface area contributed by atoms with Gasteiger partial charge in [-0.25, -0.2) is 18.7 Å². The second-order valence-electron chi connectivity index (χ2n) is 4.43. The molecule has 0 saturated carbocycles. The summed E-state index contributed by atoms with van der Waals surface area (Å²) >= 11 is 0. The van der Waals surface area contributed by atoms with Crippen LogP contribution in [-0.4, -0.2) is 38.0 Å². The van der Waals surface area contributed by atoms with Gasteiger partial charge in [-0.1, -0.05) is 13.0 Å². The van der Waals surface area contributed by atoms with E-state index >= 15 is 0 Å². The second kappa shape index (κ2) is 5.80. The Morgan fingerprint density at radius 1 is 1.52 bits per heavy atom. The molecule has 0 aliphatic carbocycles. The Hall–Kier alpha value is -1.97. The predicted octanol–water partition coefficient (Wildman–Crippen LogP) is -0.344. The topological polar surface area (TPSA) is 122 Å². The lowest BCUT2D eigenvalue weighted by Gasteiger charge is -2.13. The van der Waals surface area contributed by atoms with Crippen molar-refractivity contribution < 1.29 is 28.0 Å². The van der Waals surface area contributed by atoms with Crippen LogP contribution >= 0.6 is 0 Å². The van der Waals surface area contributed by atoms with Crippen LogP contribution in [0.25, 0.3) is 0 Å². The van der Waals surface area contributed by atoms with Crippen LogP contribution in [0.2, 0.25) is 0 Å². The number of carboxylic acid groups (broad SMARTS) is 1. The molecule has 1 aliphatic rings. The van der Waals surface area contributed by atoms with Gasteiger partial charge in [0.2, 0.25) is 10.0 Å². The van der Waals surface area contributed by atoms with Crippen molar-refractivity contribution in [3.05, 3.63) is 29.3 Å². The third-order valence-electron chi connectivity index (χ3n) is 3.02.